The van der Waals surface area contributed by atoms with Crippen LogP contribution >= 0.6 is 23.2 Å². The lowest BCUT2D eigenvalue weighted by molar-refractivity contribution is 0.0467. The fraction of sp³-hybridized carbons (Fsp3) is 0.294. The number of aromatic nitrogens is 1. The largest absolute Gasteiger partial charge is 0.456 e. The molecule has 1 fully saturated rings. The predicted octanol–water partition coefficient (Wildman–Crippen LogP) is 2.77. The van der Waals surface area contributed by atoms with Crippen LogP contribution in [0, 0.1) is 0 Å². The number of esters is 1. The van der Waals surface area contributed by atoms with E-state index in [-0.39, 0.29) is 40.2 Å². The summed E-state index contributed by atoms with van der Waals surface area (Å²) in [6.07, 6.45) is 1.57. The van der Waals surface area contributed by atoms with Gasteiger partial charge in [-0.15, -0.1) is 0 Å². The lowest BCUT2D eigenvalue weighted by atomic mass is 10.2. The van der Waals surface area contributed by atoms with Crippen molar-refractivity contribution in [3.8, 4) is 0 Å². The van der Waals surface area contributed by atoms with Crippen LogP contribution in [0.5, 0.6) is 0 Å². The Balaban J connectivity index is 1.86. The van der Waals surface area contributed by atoms with Gasteiger partial charge in [-0.25, -0.2) is 13.2 Å². The fourth-order valence-corrected chi connectivity index (χ4v) is 4.74. The number of hydrogen-bond acceptors (Lipinski definition) is 6. The zero-order valence-corrected chi connectivity index (χ0v) is 16.4. The maximum absolute atomic E-state index is 12.9. The third-order valence-electron chi connectivity index (χ3n) is 3.91. The van der Waals surface area contributed by atoms with Crippen molar-refractivity contribution in [2.24, 2.45) is 0 Å². The van der Waals surface area contributed by atoms with Gasteiger partial charge in [-0.05, 0) is 24.3 Å². The average Bonchev–Trinajstić information content (AvgIpc) is 2.67. The molecule has 2 heterocycles. The molecule has 1 saturated heterocycles. The molecule has 0 bridgehead atoms. The molecule has 2 aromatic rings. The highest BCUT2D eigenvalue weighted by molar-refractivity contribution is 7.89. The van der Waals surface area contributed by atoms with Crippen LogP contribution in [-0.2, 0) is 26.1 Å². The van der Waals surface area contributed by atoms with E-state index in [1.54, 1.807) is 24.4 Å². The van der Waals surface area contributed by atoms with Gasteiger partial charge in [-0.1, -0.05) is 29.3 Å². The number of morpholine rings is 1. The number of rotatable bonds is 5. The van der Waals surface area contributed by atoms with Crippen molar-refractivity contribution in [1.29, 1.82) is 0 Å². The molecule has 7 nitrogen and oxygen atoms in total. The van der Waals surface area contributed by atoms with Crippen LogP contribution in [0.3, 0.4) is 0 Å². The normalized spacial score (nSPS) is 15.5. The van der Waals surface area contributed by atoms with E-state index in [0.29, 0.717) is 18.9 Å². The van der Waals surface area contributed by atoms with Gasteiger partial charge in [0.2, 0.25) is 10.0 Å². The van der Waals surface area contributed by atoms with Gasteiger partial charge in [0.05, 0.1) is 34.5 Å². The summed E-state index contributed by atoms with van der Waals surface area (Å²) in [6.45, 7) is 0.943. The van der Waals surface area contributed by atoms with E-state index >= 15 is 0 Å². The average molecular weight is 431 g/mol. The topological polar surface area (TPSA) is 85.8 Å². The molecule has 0 atom stereocenters. The summed E-state index contributed by atoms with van der Waals surface area (Å²) < 4.78 is 37.3. The standard InChI is InChI=1S/C17H16Cl2N2O5S/c18-14-10-15(19)16(27(23,24)21-5-7-25-8-6-21)9-13(14)17(22)26-11-12-3-1-2-4-20-12/h1-4,9-10H,5-8,11H2. The molecular formula is C17H16Cl2N2O5S. The molecule has 0 amide bonds. The molecule has 0 unspecified atom stereocenters. The van der Waals surface area contributed by atoms with Crippen molar-refractivity contribution in [2.45, 2.75) is 11.5 Å². The Morgan fingerprint density at radius 1 is 1.19 bits per heavy atom. The van der Waals surface area contributed by atoms with Crippen molar-refractivity contribution in [2.75, 3.05) is 26.3 Å². The van der Waals surface area contributed by atoms with Crippen LogP contribution in [0.2, 0.25) is 10.0 Å². The molecule has 1 aliphatic rings. The summed E-state index contributed by atoms with van der Waals surface area (Å²) in [5.74, 6) is -0.763. The Morgan fingerprint density at radius 3 is 2.59 bits per heavy atom. The van der Waals surface area contributed by atoms with Crippen molar-refractivity contribution in [3.05, 3.63) is 57.8 Å². The third kappa shape index (κ3) is 4.59. The zero-order valence-electron chi connectivity index (χ0n) is 14.1. The zero-order chi connectivity index (χ0) is 19.4. The molecule has 27 heavy (non-hydrogen) atoms. The van der Waals surface area contributed by atoms with E-state index < -0.39 is 16.0 Å². The summed E-state index contributed by atoms with van der Waals surface area (Å²) in [7, 11) is -3.89. The summed E-state index contributed by atoms with van der Waals surface area (Å²) in [5, 5.41) is -0.0558. The van der Waals surface area contributed by atoms with E-state index in [2.05, 4.69) is 4.98 Å². The lowest BCUT2D eigenvalue weighted by Crippen LogP contribution is -2.40. The second kappa shape index (κ2) is 8.53. The van der Waals surface area contributed by atoms with Crippen molar-refractivity contribution in [1.82, 2.24) is 9.29 Å². The molecule has 0 saturated carbocycles. The Labute approximate surface area is 166 Å². The van der Waals surface area contributed by atoms with E-state index in [9.17, 15) is 13.2 Å². The molecule has 3 rings (SSSR count). The van der Waals surface area contributed by atoms with Crippen LogP contribution in [0.15, 0.2) is 41.4 Å². The third-order valence-corrected chi connectivity index (χ3v) is 6.58. The minimum absolute atomic E-state index is 0.00643. The molecule has 10 heteroatoms. The number of halogens is 2. The number of benzene rings is 1. The molecule has 1 aromatic carbocycles. The van der Waals surface area contributed by atoms with Gasteiger partial charge in [0.15, 0.2) is 0 Å². The number of nitrogens with zero attached hydrogens (tertiary/aromatic N) is 2. The first kappa shape index (κ1) is 20.0. The minimum atomic E-state index is -3.89. The van der Waals surface area contributed by atoms with Gasteiger partial charge < -0.3 is 9.47 Å². The second-order valence-electron chi connectivity index (χ2n) is 5.68. The van der Waals surface area contributed by atoms with E-state index in [1.165, 1.54) is 10.4 Å². The molecule has 0 aliphatic carbocycles. The number of carbonyl (C=O) groups is 1. The Morgan fingerprint density at radius 2 is 1.93 bits per heavy atom. The second-order valence-corrected chi connectivity index (χ2v) is 8.40. The first-order valence-electron chi connectivity index (χ1n) is 8.03. The van der Waals surface area contributed by atoms with E-state index in [1.807, 2.05) is 0 Å². The van der Waals surface area contributed by atoms with Gasteiger partial charge >= 0.3 is 5.97 Å². The van der Waals surface area contributed by atoms with Crippen LogP contribution < -0.4 is 0 Å². The van der Waals surface area contributed by atoms with Gasteiger partial charge in [0.1, 0.15) is 11.5 Å². The molecule has 0 N–H and O–H groups in total. The summed E-state index contributed by atoms with van der Waals surface area (Å²) in [4.78, 5) is 16.3. The minimum Gasteiger partial charge on any atom is -0.456 e. The maximum atomic E-state index is 12.9. The predicted molar refractivity (Wildman–Crippen MR) is 99.4 cm³/mol. The van der Waals surface area contributed by atoms with Crippen LogP contribution in [-0.4, -0.2) is 50.0 Å². The molecule has 144 valence electrons. The van der Waals surface area contributed by atoms with Gasteiger partial charge in [-0.3, -0.25) is 4.98 Å². The number of carbonyl (C=O) groups excluding carboxylic acids is 1. The van der Waals surface area contributed by atoms with Crippen molar-refractivity contribution < 1.29 is 22.7 Å². The number of hydrogen-bond donors (Lipinski definition) is 0. The highest BCUT2D eigenvalue weighted by Crippen LogP contribution is 2.31. The summed E-state index contributed by atoms with van der Waals surface area (Å²) in [5.41, 5.74) is 0.473. The monoisotopic (exact) mass is 430 g/mol. The van der Waals surface area contributed by atoms with Gasteiger partial charge in [0, 0.05) is 19.3 Å². The highest BCUT2D eigenvalue weighted by atomic mass is 35.5. The molecule has 1 aliphatic heterocycles. The van der Waals surface area contributed by atoms with E-state index in [4.69, 9.17) is 32.7 Å². The summed E-state index contributed by atoms with van der Waals surface area (Å²) in [6, 6.07) is 7.58. The SMILES string of the molecule is O=C(OCc1ccccn1)c1cc(S(=O)(=O)N2CCOCC2)c(Cl)cc1Cl. The molecule has 0 spiro atoms. The van der Waals surface area contributed by atoms with Crippen LogP contribution in [0.4, 0.5) is 0 Å². The Hall–Kier alpha value is -1.71. The lowest BCUT2D eigenvalue weighted by Gasteiger charge is -2.26. The van der Waals surface area contributed by atoms with Gasteiger partial charge in [0.25, 0.3) is 0 Å². The van der Waals surface area contributed by atoms with Crippen LogP contribution in [0.1, 0.15) is 16.1 Å². The quantitative estimate of drug-likeness (QED) is 0.677. The number of sulfonamides is 1. The molecular weight excluding hydrogens is 415 g/mol. The number of ether oxygens (including phenoxy) is 2. The number of pyridine rings is 1. The molecule has 0 radical (unpaired) electrons. The summed E-state index contributed by atoms with van der Waals surface area (Å²) >= 11 is 12.2. The fourth-order valence-electron chi connectivity index (χ4n) is 2.51. The van der Waals surface area contributed by atoms with Crippen LogP contribution in [0.25, 0.3) is 0 Å². The van der Waals surface area contributed by atoms with Crippen molar-refractivity contribution >= 4 is 39.2 Å². The highest BCUT2D eigenvalue weighted by Gasteiger charge is 2.30. The van der Waals surface area contributed by atoms with E-state index in [0.717, 1.165) is 6.07 Å². The maximum Gasteiger partial charge on any atom is 0.340 e. The smallest absolute Gasteiger partial charge is 0.340 e. The Kier molecular flexibility index (Phi) is 6.33. The molecule has 1 aromatic heterocycles. The van der Waals surface area contributed by atoms with Crippen molar-refractivity contribution in [3.63, 3.8) is 0 Å². The first-order chi connectivity index (χ1) is 12.9. The first-order valence-corrected chi connectivity index (χ1v) is 10.2. The van der Waals surface area contributed by atoms with Gasteiger partial charge in [-0.2, -0.15) is 4.31 Å². The Bertz CT molecular complexity index is 932.